The number of oxime groups is 1. The molecular formula is C30H39NO4. The van der Waals surface area contributed by atoms with Crippen LogP contribution in [-0.4, -0.2) is 35.9 Å². The zero-order valence-electron chi connectivity index (χ0n) is 21.3. The van der Waals surface area contributed by atoms with Crippen molar-refractivity contribution in [1.82, 2.24) is 0 Å². The van der Waals surface area contributed by atoms with Crippen LogP contribution in [0.5, 0.6) is 5.75 Å². The van der Waals surface area contributed by atoms with Crippen LogP contribution in [0.25, 0.3) is 0 Å². The molecule has 1 aromatic carbocycles. The molecule has 0 radical (unpaired) electrons. The van der Waals surface area contributed by atoms with E-state index in [1.54, 1.807) is 7.11 Å². The van der Waals surface area contributed by atoms with Crippen molar-refractivity contribution in [3.05, 3.63) is 41.5 Å². The molecule has 0 aromatic heterocycles. The van der Waals surface area contributed by atoms with Crippen molar-refractivity contribution < 1.29 is 19.5 Å². The summed E-state index contributed by atoms with van der Waals surface area (Å²) in [5, 5.41) is 14.8. The Balaban J connectivity index is 1.25. The molecule has 1 N–H and O–H groups in total. The Morgan fingerprint density at radius 3 is 2.63 bits per heavy atom. The van der Waals surface area contributed by atoms with Gasteiger partial charge in [-0.05, 0) is 110 Å². The normalized spacial score (nSPS) is 44.3. The quantitative estimate of drug-likeness (QED) is 0.446. The molecule has 5 nitrogen and oxygen atoms in total. The van der Waals surface area contributed by atoms with Gasteiger partial charge in [0.2, 0.25) is 5.60 Å². The van der Waals surface area contributed by atoms with Gasteiger partial charge in [-0.1, -0.05) is 30.7 Å². The first-order valence-corrected chi connectivity index (χ1v) is 13.6. The minimum Gasteiger partial charge on any atom is -0.497 e. The summed E-state index contributed by atoms with van der Waals surface area (Å²) in [6.07, 6.45) is 12.5. The number of carbonyl (C=O) groups is 1. The molecule has 5 aliphatic rings. The van der Waals surface area contributed by atoms with E-state index in [9.17, 15) is 9.90 Å². The van der Waals surface area contributed by atoms with Crippen LogP contribution < -0.4 is 4.74 Å². The van der Waals surface area contributed by atoms with Gasteiger partial charge in [-0.15, -0.1) is 0 Å². The molecule has 0 spiro atoms. The summed E-state index contributed by atoms with van der Waals surface area (Å²) in [4.78, 5) is 18.8. The largest absolute Gasteiger partial charge is 0.497 e. The summed E-state index contributed by atoms with van der Waals surface area (Å²) >= 11 is 0. The predicted octanol–water partition coefficient (Wildman–Crippen LogP) is 5.70. The van der Waals surface area contributed by atoms with Gasteiger partial charge in [0.25, 0.3) is 0 Å². The molecule has 188 valence electrons. The van der Waals surface area contributed by atoms with Crippen LogP contribution in [0.2, 0.25) is 0 Å². The van der Waals surface area contributed by atoms with E-state index in [2.05, 4.69) is 25.1 Å². The summed E-state index contributed by atoms with van der Waals surface area (Å²) in [7, 11) is 1.66. The number of aliphatic hydroxyl groups is 1. The van der Waals surface area contributed by atoms with Crippen molar-refractivity contribution in [2.45, 2.75) is 83.3 Å². The Kier molecular flexibility index (Phi) is 5.45. The summed E-state index contributed by atoms with van der Waals surface area (Å²) in [6, 6.07) is 7.87. The number of fused-ring (bicyclic) bond motifs is 5. The molecular weight excluding hydrogens is 438 g/mol. The molecule has 1 aromatic rings. The first-order valence-electron chi connectivity index (χ1n) is 13.6. The molecule has 0 saturated heterocycles. The van der Waals surface area contributed by atoms with Crippen molar-refractivity contribution in [3.8, 4) is 5.75 Å². The smallest absolute Gasteiger partial charge is 0.201 e. The van der Waals surface area contributed by atoms with Crippen LogP contribution >= 0.6 is 0 Å². The lowest BCUT2D eigenvalue weighted by molar-refractivity contribution is -0.150. The van der Waals surface area contributed by atoms with Gasteiger partial charge >= 0.3 is 0 Å². The SMILES string of the molecule is COc1ccc(C2=NOC(C=O)([C@H]3CC[C@H]4[C@@H]5CC=C6C[C@@H](O)CC[C@]6(C)[C@H]5CC[C@]34C)C2)cc1. The minimum absolute atomic E-state index is 0.0861. The van der Waals surface area contributed by atoms with Crippen molar-refractivity contribution in [3.63, 3.8) is 0 Å². The highest BCUT2D eigenvalue weighted by Crippen LogP contribution is 2.68. The molecule has 35 heavy (non-hydrogen) atoms. The highest BCUT2D eigenvalue weighted by atomic mass is 16.7. The molecule has 5 heteroatoms. The number of hydrogen-bond acceptors (Lipinski definition) is 5. The van der Waals surface area contributed by atoms with Crippen LogP contribution in [-0.2, 0) is 9.63 Å². The number of nitrogens with zero attached hydrogens (tertiary/aromatic N) is 1. The number of rotatable bonds is 4. The molecule has 3 saturated carbocycles. The van der Waals surface area contributed by atoms with Crippen LogP contribution in [0, 0.1) is 34.5 Å². The summed E-state index contributed by atoms with van der Waals surface area (Å²) in [6.45, 7) is 4.91. The second-order valence-electron chi connectivity index (χ2n) is 12.4. The van der Waals surface area contributed by atoms with Gasteiger partial charge in [-0.3, -0.25) is 4.79 Å². The van der Waals surface area contributed by atoms with E-state index >= 15 is 0 Å². The lowest BCUT2D eigenvalue weighted by Crippen LogP contribution is -2.54. The predicted molar refractivity (Wildman–Crippen MR) is 135 cm³/mol. The van der Waals surface area contributed by atoms with Crippen molar-refractivity contribution in [2.75, 3.05) is 7.11 Å². The molecule has 0 bridgehead atoms. The standard InChI is InChI=1S/C30H39NO4/c1-28-14-12-21(33)16-20(28)6-9-23-24-10-11-27(29(24,2)15-13-25(23)28)30(18-32)17-26(31-35-30)19-4-7-22(34-3)8-5-19/h4-8,18,21,23-25,27,33H,9-17H2,1-3H3/t21-,23-,24-,25-,27-,28-,29-,30?/m0/s1. The van der Waals surface area contributed by atoms with E-state index in [-0.39, 0.29) is 22.9 Å². The maximum Gasteiger partial charge on any atom is 0.201 e. The van der Waals surface area contributed by atoms with E-state index in [4.69, 9.17) is 9.57 Å². The Morgan fingerprint density at radius 1 is 1.09 bits per heavy atom. The third kappa shape index (κ3) is 3.37. The first-order chi connectivity index (χ1) is 16.8. The van der Waals surface area contributed by atoms with Gasteiger partial charge in [-0.2, -0.15) is 0 Å². The maximum absolute atomic E-state index is 12.7. The molecule has 1 aliphatic heterocycles. The average molecular weight is 478 g/mol. The van der Waals surface area contributed by atoms with Gasteiger partial charge in [0, 0.05) is 12.3 Å². The van der Waals surface area contributed by atoms with Gasteiger partial charge in [-0.25, -0.2) is 0 Å². The van der Waals surface area contributed by atoms with Crippen molar-refractivity contribution in [2.24, 2.45) is 39.7 Å². The van der Waals surface area contributed by atoms with E-state index in [0.717, 1.165) is 61.8 Å². The molecule has 3 fully saturated rings. The molecule has 8 atom stereocenters. The van der Waals surface area contributed by atoms with Crippen LogP contribution in [0.3, 0.4) is 0 Å². The first kappa shape index (κ1) is 23.3. The van der Waals surface area contributed by atoms with E-state index < -0.39 is 5.60 Å². The second kappa shape index (κ2) is 8.19. The maximum atomic E-state index is 12.7. The lowest BCUT2D eigenvalue weighted by atomic mass is 9.46. The zero-order chi connectivity index (χ0) is 24.4. The molecule has 4 aliphatic carbocycles. The third-order valence-corrected chi connectivity index (χ3v) is 11.1. The third-order valence-electron chi connectivity index (χ3n) is 11.1. The summed E-state index contributed by atoms with van der Waals surface area (Å²) in [5.41, 5.74) is 2.83. The number of aliphatic hydroxyl groups excluding tert-OH is 1. The van der Waals surface area contributed by atoms with Crippen LogP contribution in [0.1, 0.15) is 77.2 Å². The topological polar surface area (TPSA) is 68.1 Å². The minimum atomic E-state index is -0.861. The Hall–Kier alpha value is -2.14. The van der Waals surface area contributed by atoms with Gasteiger partial charge in [0.1, 0.15) is 5.75 Å². The fourth-order valence-electron chi connectivity index (χ4n) is 9.18. The van der Waals surface area contributed by atoms with Crippen molar-refractivity contribution in [1.29, 1.82) is 0 Å². The number of methoxy groups -OCH3 is 1. The number of ether oxygens (including phenoxy) is 1. The highest BCUT2D eigenvalue weighted by molar-refractivity contribution is 6.03. The fourth-order valence-corrected chi connectivity index (χ4v) is 9.18. The molecule has 6 rings (SSSR count). The zero-order valence-corrected chi connectivity index (χ0v) is 21.3. The van der Waals surface area contributed by atoms with Gasteiger partial charge < -0.3 is 14.7 Å². The van der Waals surface area contributed by atoms with Crippen molar-refractivity contribution >= 4 is 12.0 Å². The van der Waals surface area contributed by atoms with E-state index in [1.165, 1.54) is 18.4 Å². The Bertz CT molecular complexity index is 1060. The monoisotopic (exact) mass is 477 g/mol. The molecule has 1 unspecified atom stereocenters. The number of hydrogen-bond donors (Lipinski definition) is 1. The van der Waals surface area contributed by atoms with Gasteiger partial charge in [0.15, 0.2) is 6.29 Å². The number of aldehydes is 1. The van der Waals surface area contributed by atoms with E-state index in [1.807, 2.05) is 24.3 Å². The number of carbonyl (C=O) groups excluding carboxylic acids is 1. The fraction of sp³-hybridized carbons (Fsp3) is 0.667. The number of benzene rings is 1. The number of allylic oxidation sites excluding steroid dienone is 1. The Morgan fingerprint density at radius 2 is 1.89 bits per heavy atom. The van der Waals surface area contributed by atoms with Crippen LogP contribution in [0.4, 0.5) is 0 Å². The van der Waals surface area contributed by atoms with Crippen LogP contribution in [0.15, 0.2) is 41.1 Å². The lowest BCUT2D eigenvalue weighted by Gasteiger charge is -2.58. The highest BCUT2D eigenvalue weighted by Gasteiger charge is 2.64. The molecule has 0 amide bonds. The molecule has 1 heterocycles. The summed E-state index contributed by atoms with van der Waals surface area (Å²) in [5.74, 6) is 2.95. The second-order valence-corrected chi connectivity index (χ2v) is 12.4. The average Bonchev–Trinajstić information content (AvgIpc) is 3.46. The Labute approximate surface area is 209 Å². The summed E-state index contributed by atoms with van der Waals surface area (Å²) < 4.78 is 5.29. The van der Waals surface area contributed by atoms with Gasteiger partial charge in [0.05, 0.1) is 18.9 Å². The van der Waals surface area contributed by atoms with E-state index in [0.29, 0.717) is 24.2 Å².